The van der Waals surface area contributed by atoms with E-state index in [1.54, 1.807) is 11.8 Å². The van der Waals surface area contributed by atoms with Crippen LogP contribution in [0.2, 0.25) is 0 Å². The van der Waals surface area contributed by atoms with Gasteiger partial charge in [-0.2, -0.15) is 11.8 Å². The smallest absolute Gasteiger partial charge is 0.211 e. The fourth-order valence-electron chi connectivity index (χ4n) is 1.48. The fraction of sp³-hybridized carbons (Fsp3) is 0.500. The van der Waals surface area contributed by atoms with Gasteiger partial charge in [-0.05, 0) is 59.0 Å². The van der Waals surface area contributed by atoms with E-state index in [0.717, 1.165) is 31.1 Å². The number of rotatable bonds is 8. The molecule has 0 spiro atoms. The predicted molar refractivity (Wildman–Crippen MR) is 81.5 cm³/mol. The van der Waals surface area contributed by atoms with E-state index in [1.165, 1.54) is 12.1 Å². The summed E-state index contributed by atoms with van der Waals surface area (Å²) in [6.45, 7) is 0.383. The first-order valence-electron chi connectivity index (χ1n) is 5.91. The third kappa shape index (κ3) is 5.81. The van der Waals surface area contributed by atoms with Gasteiger partial charge >= 0.3 is 0 Å². The van der Waals surface area contributed by atoms with Crippen LogP contribution in [-0.2, 0) is 10.0 Å². The van der Waals surface area contributed by atoms with Crippen LogP contribution in [0.3, 0.4) is 0 Å². The first kappa shape index (κ1) is 16.9. The van der Waals surface area contributed by atoms with Crippen LogP contribution in [0.15, 0.2) is 27.6 Å². The maximum Gasteiger partial charge on any atom is 0.240 e. The molecule has 1 N–H and O–H groups in total. The monoisotopic (exact) mass is 369 g/mol. The zero-order valence-corrected chi connectivity index (χ0v) is 13.9. The molecule has 19 heavy (non-hydrogen) atoms. The minimum atomic E-state index is -3.61. The molecule has 1 aromatic carbocycles. The van der Waals surface area contributed by atoms with Gasteiger partial charge in [0.1, 0.15) is 5.82 Å². The van der Waals surface area contributed by atoms with Crippen LogP contribution in [0.25, 0.3) is 0 Å². The molecule has 0 atom stereocenters. The molecule has 0 saturated carbocycles. The Labute approximate surface area is 126 Å². The second-order valence-corrected chi connectivity index (χ2v) is 7.63. The van der Waals surface area contributed by atoms with Gasteiger partial charge in [0.05, 0.1) is 9.37 Å². The van der Waals surface area contributed by atoms with Crippen LogP contribution in [0, 0.1) is 5.82 Å². The molecular weight excluding hydrogens is 353 g/mol. The third-order valence-corrected chi connectivity index (χ3v) is 5.32. The van der Waals surface area contributed by atoms with Gasteiger partial charge in [-0.25, -0.2) is 17.5 Å². The summed E-state index contributed by atoms with van der Waals surface area (Å²) < 4.78 is 39.8. The molecule has 0 heterocycles. The van der Waals surface area contributed by atoms with Crippen molar-refractivity contribution in [3.05, 3.63) is 28.5 Å². The predicted octanol–water partition coefficient (Wildman–Crippen LogP) is 3.40. The number of hydrogen-bond acceptors (Lipinski definition) is 3. The normalized spacial score (nSPS) is 11.7. The SMILES string of the molecule is CSCCCCCNS(=O)(=O)c1ccc(Br)c(F)c1. The molecule has 1 aromatic rings. The van der Waals surface area contributed by atoms with Gasteiger partial charge in [0.15, 0.2) is 0 Å². The van der Waals surface area contributed by atoms with Crippen molar-refractivity contribution in [2.45, 2.75) is 24.2 Å². The highest BCUT2D eigenvalue weighted by Crippen LogP contribution is 2.19. The summed E-state index contributed by atoms with van der Waals surface area (Å²) in [6, 6.07) is 3.78. The first-order valence-corrected chi connectivity index (χ1v) is 9.58. The molecule has 0 aromatic heterocycles. The van der Waals surface area contributed by atoms with Crippen LogP contribution < -0.4 is 4.72 Å². The van der Waals surface area contributed by atoms with Crippen molar-refractivity contribution in [3.8, 4) is 0 Å². The molecule has 0 aliphatic rings. The van der Waals surface area contributed by atoms with Crippen LogP contribution in [0.5, 0.6) is 0 Å². The van der Waals surface area contributed by atoms with E-state index in [9.17, 15) is 12.8 Å². The summed E-state index contributed by atoms with van der Waals surface area (Å²) in [4.78, 5) is -0.0442. The Morgan fingerprint density at radius 3 is 2.68 bits per heavy atom. The number of hydrogen-bond donors (Lipinski definition) is 1. The average Bonchev–Trinajstić information content (AvgIpc) is 2.36. The lowest BCUT2D eigenvalue weighted by molar-refractivity contribution is 0.572. The van der Waals surface area contributed by atoms with E-state index in [0.29, 0.717) is 6.54 Å². The number of unbranched alkanes of at least 4 members (excludes halogenated alkanes) is 2. The molecule has 108 valence electrons. The Balaban J connectivity index is 2.49. The molecule has 0 fully saturated rings. The summed E-state index contributed by atoms with van der Waals surface area (Å²) >= 11 is 4.77. The van der Waals surface area contributed by atoms with Crippen molar-refractivity contribution < 1.29 is 12.8 Å². The van der Waals surface area contributed by atoms with Gasteiger partial charge in [0.25, 0.3) is 0 Å². The van der Waals surface area contributed by atoms with Gasteiger partial charge in [-0.3, -0.25) is 0 Å². The van der Waals surface area contributed by atoms with Crippen molar-refractivity contribution >= 4 is 37.7 Å². The van der Waals surface area contributed by atoms with Crippen molar-refractivity contribution in [2.75, 3.05) is 18.6 Å². The molecule has 0 amide bonds. The molecule has 1 rings (SSSR count). The number of sulfonamides is 1. The van der Waals surface area contributed by atoms with Gasteiger partial charge < -0.3 is 0 Å². The molecule has 0 saturated heterocycles. The van der Waals surface area contributed by atoms with Crippen LogP contribution in [0.1, 0.15) is 19.3 Å². The molecule has 7 heteroatoms. The lowest BCUT2D eigenvalue weighted by atomic mass is 10.2. The topological polar surface area (TPSA) is 46.2 Å². The minimum absolute atomic E-state index is 0.0442. The van der Waals surface area contributed by atoms with Crippen LogP contribution in [-0.4, -0.2) is 27.0 Å². The van der Waals surface area contributed by atoms with Gasteiger partial charge in [0, 0.05) is 6.54 Å². The number of halogens is 2. The summed E-state index contributed by atoms with van der Waals surface area (Å²) in [5.41, 5.74) is 0. The van der Waals surface area contributed by atoms with E-state index >= 15 is 0 Å². The summed E-state index contributed by atoms with van der Waals surface area (Å²) in [6.07, 6.45) is 4.90. The Morgan fingerprint density at radius 2 is 2.05 bits per heavy atom. The molecule has 3 nitrogen and oxygen atoms in total. The van der Waals surface area contributed by atoms with E-state index in [4.69, 9.17) is 0 Å². The van der Waals surface area contributed by atoms with Gasteiger partial charge in [0.2, 0.25) is 10.0 Å². The maximum atomic E-state index is 13.3. The van der Waals surface area contributed by atoms with Crippen LogP contribution in [0.4, 0.5) is 4.39 Å². The Bertz CT molecular complexity index is 508. The average molecular weight is 370 g/mol. The van der Waals surface area contributed by atoms with Crippen molar-refractivity contribution in [2.24, 2.45) is 0 Å². The van der Waals surface area contributed by atoms with E-state index in [2.05, 4.69) is 20.7 Å². The van der Waals surface area contributed by atoms with Crippen molar-refractivity contribution in [1.29, 1.82) is 0 Å². The molecule has 0 radical (unpaired) electrons. The zero-order chi connectivity index (χ0) is 14.3. The Hall–Kier alpha value is -0.110. The Morgan fingerprint density at radius 1 is 1.32 bits per heavy atom. The highest BCUT2D eigenvalue weighted by atomic mass is 79.9. The highest BCUT2D eigenvalue weighted by Gasteiger charge is 2.14. The van der Waals surface area contributed by atoms with Crippen molar-refractivity contribution in [3.63, 3.8) is 0 Å². The molecule has 0 aliphatic heterocycles. The lowest BCUT2D eigenvalue weighted by Gasteiger charge is -2.07. The Kier molecular flexibility index (Phi) is 7.35. The summed E-state index contributed by atoms with van der Waals surface area (Å²) in [5, 5.41) is 0. The van der Waals surface area contributed by atoms with Gasteiger partial charge in [-0.1, -0.05) is 6.42 Å². The molecular formula is C12H17BrFNO2S2. The quantitative estimate of drug-likeness (QED) is 0.714. The van der Waals surface area contributed by atoms with E-state index < -0.39 is 15.8 Å². The van der Waals surface area contributed by atoms with Crippen LogP contribution >= 0.6 is 27.7 Å². The highest BCUT2D eigenvalue weighted by molar-refractivity contribution is 9.10. The summed E-state index contributed by atoms with van der Waals surface area (Å²) in [7, 11) is -3.61. The first-order chi connectivity index (χ1) is 8.97. The number of nitrogens with one attached hydrogen (secondary N) is 1. The fourth-order valence-corrected chi connectivity index (χ4v) is 3.31. The number of benzene rings is 1. The second kappa shape index (κ2) is 8.24. The molecule has 0 bridgehead atoms. The van der Waals surface area contributed by atoms with E-state index in [1.807, 2.05) is 6.26 Å². The lowest BCUT2D eigenvalue weighted by Crippen LogP contribution is -2.24. The van der Waals surface area contributed by atoms with Gasteiger partial charge in [-0.15, -0.1) is 0 Å². The standard InChI is InChI=1S/C12H17BrFNO2S2/c1-18-8-4-2-3-7-15-19(16,17)10-5-6-11(13)12(14)9-10/h5-6,9,15H,2-4,7-8H2,1H3. The second-order valence-electron chi connectivity index (χ2n) is 4.03. The maximum absolute atomic E-state index is 13.3. The minimum Gasteiger partial charge on any atom is -0.211 e. The molecule has 0 aliphatic carbocycles. The largest absolute Gasteiger partial charge is 0.240 e. The zero-order valence-electron chi connectivity index (χ0n) is 10.7. The third-order valence-electron chi connectivity index (χ3n) is 2.52. The summed E-state index contributed by atoms with van der Waals surface area (Å²) in [5.74, 6) is 0.507. The number of thioether (sulfide) groups is 1. The molecule has 0 unspecified atom stereocenters. The van der Waals surface area contributed by atoms with Crippen molar-refractivity contribution in [1.82, 2.24) is 4.72 Å². The van der Waals surface area contributed by atoms with E-state index in [-0.39, 0.29) is 9.37 Å².